The van der Waals surface area contributed by atoms with Gasteiger partial charge in [0.2, 0.25) is 0 Å². The molecule has 1 atom stereocenters. The van der Waals surface area contributed by atoms with Crippen LogP contribution < -0.4 is 0 Å². The summed E-state index contributed by atoms with van der Waals surface area (Å²) in [6, 6.07) is 0. The van der Waals surface area contributed by atoms with Crippen molar-refractivity contribution in [3.05, 3.63) is 0 Å². The summed E-state index contributed by atoms with van der Waals surface area (Å²) in [6.45, 7) is 7.30. The molecule has 108 valence electrons. The van der Waals surface area contributed by atoms with E-state index in [9.17, 15) is 9.59 Å². The fraction of sp³-hybridized carbons (Fsp3) is 0.846. The third-order valence-electron chi connectivity index (χ3n) is 3.46. The first-order valence-electron chi connectivity index (χ1n) is 6.49. The van der Waals surface area contributed by atoms with Crippen molar-refractivity contribution in [3.8, 4) is 0 Å². The number of carbonyl (C=O) groups excluding carboxylic acids is 1. The minimum absolute atomic E-state index is 0.196. The van der Waals surface area contributed by atoms with Crippen molar-refractivity contribution in [2.24, 2.45) is 11.3 Å². The molecule has 2 aliphatic heterocycles. The molecule has 2 rings (SSSR count). The molecular formula is C13H21NO5. The summed E-state index contributed by atoms with van der Waals surface area (Å²) in [4.78, 5) is 24.4. The van der Waals surface area contributed by atoms with Crippen molar-refractivity contribution in [2.75, 3.05) is 26.3 Å². The summed E-state index contributed by atoms with van der Waals surface area (Å²) in [6.07, 6.45) is 0.234. The van der Waals surface area contributed by atoms with Crippen LogP contribution in [0.5, 0.6) is 0 Å². The third-order valence-corrected chi connectivity index (χ3v) is 3.46. The molecule has 0 aromatic rings. The molecule has 2 saturated heterocycles. The van der Waals surface area contributed by atoms with Crippen molar-refractivity contribution in [1.29, 1.82) is 0 Å². The van der Waals surface area contributed by atoms with Gasteiger partial charge in [0.25, 0.3) is 0 Å². The molecule has 0 aromatic heterocycles. The van der Waals surface area contributed by atoms with Crippen LogP contribution in [-0.2, 0) is 14.3 Å². The van der Waals surface area contributed by atoms with Crippen LogP contribution in [0.2, 0.25) is 0 Å². The SMILES string of the molecule is CC(C)(C)OC(=O)N1CC2(COCC(C(=O)O)C2)C1. The molecule has 2 heterocycles. The van der Waals surface area contributed by atoms with E-state index in [1.165, 1.54) is 0 Å². The number of hydrogen-bond donors (Lipinski definition) is 1. The zero-order valence-corrected chi connectivity index (χ0v) is 11.6. The van der Waals surface area contributed by atoms with E-state index >= 15 is 0 Å². The van der Waals surface area contributed by atoms with E-state index in [-0.39, 0.29) is 18.1 Å². The highest BCUT2D eigenvalue weighted by Gasteiger charge is 2.50. The van der Waals surface area contributed by atoms with Crippen LogP contribution in [-0.4, -0.2) is 54.0 Å². The molecule has 2 aliphatic rings. The number of carboxylic acids is 1. The van der Waals surface area contributed by atoms with Crippen molar-refractivity contribution in [2.45, 2.75) is 32.8 Å². The zero-order chi connectivity index (χ0) is 14.3. The highest BCUT2D eigenvalue weighted by atomic mass is 16.6. The molecule has 1 N–H and O–H groups in total. The summed E-state index contributed by atoms with van der Waals surface area (Å²) in [5.41, 5.74) is -0.704. The molecule has 2 fully saturated rings. The quantitative estimate of drug-likeness (QED) is 0.779. The summed E-state index contributed by atoms with van der Waals surface area (Å²) in [5, 5.41) is 9.03. The van der Waals surface area contributed by atoms with Gasteiger partial charge in [-0.3, -0.25) is 4.79 Å². The van der Waals surface area contributed by atoms with E-state index in [1.807, 2.05) is 20.8 Å². The first-order valence-corrected chi connectivity index (χ1v) is 6.49. The Morgan fingerprint density at radius 3 is 2.53 bits per heavy atom. The Morgan fingerprint density at radius 2 is 2.00 bits per heavy atom. The maximum Gasteiger partial charge on any atom is 0.410 e. The molecule has 0 radical (unpaired) electrons. The largest absolute Gasteiger partial charge is 0.481 e. The Hall–Kier alpha value is -1.30. The second-order valence-corrected chi connectivity index (χ2v) is 6.59. The lowest BCUT2D eigenvalue weighted by Gasteiger charge is -2.52. The normalized spacial score (nSPS) is 25.8. The van der Waals surface area contributed by atoms with Gasteiger partial charge < -0.3 is 19.5 Å². The first-order chi connectivity index (χ1) is 8.71. The number of ether oxygens (including phenoxy) is 2. The van der Waals surface area contributed by atoms with Gasteiger partial charge in [-0.25, -0.2) is 4.79 Å². The first kappa shape index (κ1) is 14.1. The zero-order valence-electron chi connectivity index (χ0n) is 11.6. The highest BCUT2D eigenvalue weighted by molar-refractivity contribution is 5.71. The van der Waals surface area contributed by atoms with E-state index in [4.69, 9.17) is 14.6 Å². The van der Waals surface area contributed by atoms with Gasteiger partial charge in [0.15, 0.2) is 0 Å². The molecule has 1 spiro atoms. The Kier molecular flexibility index (Phi) is 3.47. The van der Waals surface area contributed by atoms with E-state index in [0.717, 1.165) is 0 Å². The predicted molar refractivity (Wildman–Crippen MR) is 66.8 cm³/mol. The number of hydrogen-bond acceptors (Lipinski definition) is 4. The van der Waals surface area contributed by atoms with Crippen LogP contribution in [0.15, 0.2) is 0 Å². The summed E-state index contributed by atoms with van der Waals surface area (Å²) < 4.78 is 10.7. The molecule has 1 unspecified atom stereocenters. The lowest BCUT2D eigenvalue weighted by molar-refractivity contribution is -0.160. The van der Waals surface area contributed by atoms with Gasteiger partial charge in [-0.15, -0.1) is 0 Å². The van der Waals surface area contributed by atoms with E-state index in [2.05, 4.69) is 0 Å². The standard InChI is InChI=1S/C13H21NO5/c1-12(2,3)19-11(17)14-6-13(7-14)4-9(10(15)16)5-18-8-13/h9H,4-8H2,1-3H3,(H,15,16). The van der Waals surface area contributed by atoms with Crippen LogP contribution in [0.3, 0.4) is 0 Å². The maximum absolute atomic E-state index is 11.8. The van der Waals surface area contributed by atoms with E-state index in [1.54, 1.807) is 4.90 Å². The molecule has 0 saturated carbocycles. The van der Waals surface area contributed by atoms with Gasteiger partial charge >= 0.3 is 12.1 Å². The fourth-order valence-corrected chi connectivity index (χ4v) is 2.66. The Bertz CT molecular complexity index is 381. The van der Waals surface area contributed by atoms with Crippen molar-refractivity contribution in [3.63, 3.8) is 0 Å². The van der Waals surface area contributed by atoms with E-state index < -0.39 is 17.5 Å². The lowest BCUT2D eigenvalue weighted by atomic mass is 9.72. The number of carbonyl (C=O) groups is 2. The van der Waals surface area contributed by atoms with Crippen molar-refractivity contribution >= 4 is 12.1 Å². The average Bonchev–Trinajstić information content (AvgIpc) is 2.23. The van der Waals surface area contributed by atoms with Crippen LogP contribution in [0.1, 0.15) is 27.2 Å². The number of nitrogens with zero attached hydrogens (tertiary/aromatic N) is 1. The van der Waals surface area contributed by atoms with Crippen LogP contribution >= 0.6 is 0 Å². The summed E-state index contributed by atoms with van der Waals surface area (Å²) in [5.74, 6) is -1.29. The number of rotatable bonds is 1. The van der Waals surface area contributed by atoms with Gasteiger partial charge in [-0.1, -0.05) is 0 Å². The molecule has 1 amide bonds. The Balaban J connectivity index is 1.88. The van der Waals surface area contributed by atoms with Gasteiger partial charge in [-0.05, 0) is 27.2 Å². The predicted octanol–water partition coefficient (Wildman–Crippen LogP) is 1.34. The van der Waals surface area contributed by atoms with Gasteiger partial charge in [0.1, 0.15) is 5.60 Å². The minimum atomic E-state index is -0.824. The van der Waals surface area contributed by atoms with Crippen molar-refractivity contribution in [1.82, 2.24) is 4.90 Å². The molecule has 6 heteroatoms. The summed E-state index contributed by atoms with van der Waals surface area (Å²) >= 11 is 0. The average molecular weight is 271 g/mol. The third kappa shape index (κ3) is 3.18. The van der Waals surface area contributed by atoms with Gasteiger partial charge in [0.05, 0.1) is 19.1 Å². The highest BCUT2D eigenvalue weighted by Crippen LogP contribution is 2.40. The van der Waals surface area contributed by atoms with Crippen LogP contribution in [0, 0.1) is 11.3 Å². The summed E-state index contributed by atoms with van der Waals surface area (Å²) in [7, 11) is 0. The lowest BCUT2D eigenvalue weighted by Crippen LogP contribution is -2.63. The maximum atomic E-state index is 11.8. The second kappa shape index (κ2) is 4.67. The Morgan fingerprint density at radius 1 is 1.37 bits per heavy atom. The fourth-order valence-electron chi connectivity index (χ4n) is 2.66. The molecule has 0 aliphatic carbocycles. The molecule has 19 heavy (non-hydrogen) atoms. The van der Waals surface area contributed by atoms with Crippen molar-refractivity contribution < 1.29 is 24.2 Å². The number of amides is 1. The number of likely N-dealkylation sites (tertiary alicyclic amines) is 1. The Labute approximate surface area is 112 Å². The van der Waals surface area contributed by atoms with Gasteiger partial charge in [-0.2, -0.15) is 0 Å². The molecule has 0 bridgehead atoms. The molecular weight excluding hydrogens is 250 g/mol. The van der Waals surface area contributed by atoms with Crippen LogP contribution in [0.4, 0.5) is 4.79 Å². The topological polar surface area (TPSA) is 76.1 Å². The monoisotopic (exact) mass is 271 g/mol. The molecule has 6 nitrogen and oxygen atoms in total. The number of carboxylic acid groups (broad SMARTS) is 1. The number of aliphatic carboxylic acids is 1. The molecule has 0 aromatic carbocycles. The van der Waals surface area contributed by atoms with E-state index in [0.29, 0.717) is 26.1 Å². The smallest absolute Gasteiger partial charge is 0.410 e. The minimum Gasteiger partial charge on any atom is -0.481 e. The van der Waals surface area contributed by atoms with Gasteiger partial charge in [0, 0.05) is 18.5 Å². The van der Waals surface area contributed by atoms with Crippen LogP contribution in [0.25, 0.3) is 0 Å². The second-order valence-electron chi connectivity index (χ2n) is 6.59.